The van der Waals surface area contributed by atoms with Gasteiger partial charge in [-0.05, 0) is 38.8 Å². The van der Waals surface area contributed by atoms with Crippen molar-refractivity contribution in [2.45, 2.75) is 37.9 Å². The Morgan fingerprint density at radius 1 is 1.13 bits per heavy atom. The van der Waals surface area contributed by atoms with Crippen LogP contribution in [-0.4, -0.2) is 32.4 Å². The Kier molecular flexibility index (Phi) is 2.20. The summed E-state index contributed by atoms with van der Waals surface area (Å²) in [6.07, 6.45) is 6.94. The van der Waals surface area contributed by atoms with E-state index >= 15 is 0 Å². The van der Waals surface area contributed by atoms with E-state index in [-0.39, 0.29) is 23.7 Å². The second kappa shape index (κ2) is 3.82. The number of rotatable bonds is 1. The fraction of sp³-hybridized carbons (Fsp3) is 0.471. The van der Waals surface area contributed by atoms with Crippen molar-refractivity contribution in [3.63, 3.8) is 0 Å². The monoisotopic (exact) mass is 311 g/mol. The van der Waals surface area contributed by atoms with Gasteiger partial charge in [-0.1, -0.05) is 0 Å². The van der Waals surface area contributed by atoms with E-state index in [2.05, 4.69) is 4.98 Å². The van der Waals surface area contributed by atoms with Gasteiger partial charge in [0.1, 0.15) is 5.65 Å². The molecule has 118 valence electrons. The van der Waals surface area contributed by atoms with Gasteiger partial charge in [0, 0.05) is 18.6 Å². The molecule has 0 unspecified atom stereocenters. The van der Waals surface area contributed by atoms with Crippen LogP contribution in [0.4, 0.5) is 5.69 Å². The Balaban J connectivity index is 1.63. The van der Waals surface area contributed by atoms with Crippen molar-refractivity contribution in [2.24, 2.45) is 11.8 Å². The van der Waals surface area contributed by atoms with E-state index in [1.54, 1.807) is 24.7 Å². The van der Waals surface area contributed by atoms with E-state index in [0.29, 0.717) is 5.69 Å². The topological polar surface area (TPSA) is 63.9 Å². The first-order chi connectivity index (χ1) is 10.9. The first-order valence-electron chi connectivity index (χ1n) is 7.94. The number of ether oxygens (including phenoxy) is 1. The minimum atomic E-state index is -0.514. The Hall–Kier alpha value is -2.21. The molecule has 2 aromatic heterocycles. The van der Waals surface area contributed by atoms with Crippen molar-refractivity contribution in [3.05, 3.63) is 30.7 Å². The Bertz CT molecular complexity index is 841. The van der Waals surface area contributed by atoms with Crippen LogP contribution in [0.15, 0.2) is 30.7 Å². The molecule has 2 bridgehead atoms. The Labute approximate surface area is 133 Å². The largest absolute Gasteiger partial charge is 0.367 e. The van der Waals surface area contributed by atoms with Gasteiger partial charge in [0.2, 0.25) is 11.8 Å². The summed E-state index contributed by atoms with van der Waals surface area (Å²) >= 11 is 0. The second-order valence-electron chi connectivity index (χ2n) is 7.27. The Morgan fingerprint density at radius 3 is 2.43 bits per heavy atom. The van der Waals surface area contributed by atoms with E-state index in [4.69, 9.17) is 4.74 Å². The summed E-state index contributed by atoms with van der Waals surface area (Å²) in [6, 6.07) is 3.60. The molecule has 5 rings (SSSR count). The van der Waals surface area contributed by atoms with E-state index in [9.17, 15) is 9.59 Å². The average molecular weight is 311 g/mol. The number of carbonyl (C=O) groups excluding carboxylic acids is 2. The summed E-state index contributed by atoms with van der Waals surface area (Å²) in [5, 5.41) is 0. The number of aromatic nitrogens is 2. The zero-order chi connectivity index (χ0) is 16.0. The highest BCUT2D eigenvalue weighted by molar-refractivity contribution is 6.23. The number of hydrogen-bond donors (Lipinski definition) is 0. The van der Waals surface area contributed by atoms with Crippen LogP contribution in [0.3, 0.4) is 0 Å². The van der Waals surface area contributed by atoms with Gasteiger partial charge in [-0.3, -0.25) is 9.59 Å². The number of carbonyl (C=O) groups is 2. The first kappa shape index (κ1) is 13.2. The first-order valence-corrected chi connectivity index (χ1v) is 7.94. The molecular formula is C17H17N3O3. The number of pyridine rings is 1. The molecule has 23 heavy (non-hydrogen) atoms. The number of imidazole rings is 1. The summed E-state index contributed by atoms with van der Waals surface area (Å²) in [5.74, 6) is -1.00. The van der Waals surface area contributed by atoms with E-state index in [1.165, 1.54) is 4.90 Å². The molecule has 0 aliphatic carbocycles. The molecule has 3 aliphatic rings. The summed E-state index contributed by atoms with van der Waals surface area (Å²) in [6.45, 7) is 3.94. The third kappa shape index (κ3) is 1.45. The van der Waals surface area contributed by atoms with Crippen molar-refractivity contribution in [2.75, 3.05) is 4.90 Å². The molecule has 4 atom stereocenters. The number of amides is 2. The van der Waals surface area contributed by atoms with Crippen molar-refractivity contribution < 1.29 is 14.3 Å². The molecule has 3 aliphatic heterocycles. The van der Waals surface area contributed by atoms with Crippen LogP contribution in [0, 0.1) is 11.8 Å². The van der Waals surface area contributed by atoms with Gasteiger partial charge in [0.05, 0.1) is 28.7 Å². The lowest BCUT2D eigenvalue weighted by atomic mass is 9.69. The lowest BCUT2D eigenvalue weighted by molar-refractivity contribution is -0.129. The number of imide groups is 1. The lowest BCUT2D eigenvalue weighted by Gasteiger charge is -2.27. The third-order valence-corrected chi connectivity index (χ3v) is 5.84. The molecule has 3 fully saturated rings. The van der Waals surface area contributed by atoms with Crippen LogP contribution in [-0.2, 0) is 14.3 Å². The normalized spacial score (nSPS) is 38.8. The number of hydrogen-bond acceptors (Lipinski definition) is 4. The van der Waals surface area contributed by atoms with Gasteiger partial charge in [-0.25, -0.2) is 9.88 Å². The minimum Gasteiger partial charge on any atom is -0.367 e. The molecular weight excluding hydrogens is 294 g/mol. The molecule has 0 N–H and O–H groups in total. The van der Waals surface area contributed by atoms with Crippen LogP contribution in [0.1, 0.15) is 26.7 Å². The van der Waals surface area contributed by atoms with E-state index in [0.717, 1.165) is 18.5 Å². The van der Waals surface area contributed by atoms with Crippen molar-refractivity contribution in [1.82, 2.24) is 9.38 Å². The molecule has 2 aromatic rings. The number of fused-ring (bicyclic) bond motifs is 6. The van der Waals surface area contributed by atoms with Gasteiger partial charge in [0.15, 0.2) is 0 Å². The minimum absolute atomic E-state index is 0.134. The highest BCUT2D eigenvalue weighted by Crippen LogP contribution is 2.60. The SMILES string of the molecule is C[C@]12CC[C@](C)(O1)[C@@H]1C(=O)N(c3ccc4nccn4c3)C(=O)[C@@H]12. The lowest BCUT2D eigenvalue weighted by Crippen LogP contribution is -2.40. The van der Waals surface area contributed by atoms with Crippen LogP contribution >= 0.6 is 0 Å². The molecule has 5 heterocycles. The summed E-state index contributed by atoms with van der Waals surface area (Å²) in [7, 11) is 0. The zero-order valence-electron chi connectivity index (χ0n) is 13.0. The van der Waals surface area contributed by atoms with Gasteiger partial charge in [0.25, 0.3) is 0 Å². The van der Waals surface area contributed by atoms with E-state index < -0.39 is 11.2 Å². The van der Waals surface area contributed by atoms with Crippen LogP contribution in [0.2, 0.25) is 0 Å². The van der Waals surface area contributed by atoms with Gasteiger partial charge in [-0.2, -0.15) is 0 Å². The molecule has 0 aromatic carbocycles. The maximum absolute atomic E-state index is 13.0. The molecule has 3 saturated heterocycles. The predicted octanol–water partition coefficient (Wildman–Crippen LogP) is 1.78. The van der Waals surface area contributed by atoms with Gasteiger partial charge < -0.3 is 9.14 Å². The van der Waals surface area contributed by atoms with Gasteiger partial charge >= 0.3 is 0 Å². The fourth-order valence-corrected chi connectivity index (χ4v) is 4.76. The second-order valence-corrected chi connectivity index (χ2v) is 7.27. The zero-order valence-corrected chi connectivity index (χ0v) is 13.0. The van der Waals surface area contributed by atoms with Crippen molar-refractivity contribution in [3.8, 4) is 0 Å². The number of nitrogens with zero attached hydrogens (tertiary/aromatic N) is 3. The van der Waals surface area contributed by atoms with Crippen LogP contribution in [0.5, 0.6) is 0 Å². The Morgan fingerprint density at radius 2 is 1.78 bits per heavy atom. The third-order valence-electron chi connectivity index (χ3n) is 5.84. The van der Waals surface area contributed by atoms with Crippen LogP contribution < -0.4 is 4.90 Å². The predicted molar refractivity (Wildman–Crippen MR) is 81.8 cm³/mol. The molecule has 0 spiro atoms. The molecule has 0 saturated carbocycles. The smallest absolute Gasteiger partial charge is 0.240 e. The summed E-state index contributed by atoms with van der Waals surface area (Å²) in [4.78, 5) is 31.6. The van der Waals surface area contributed by atoms with Crippen LogP contribution in [0.25, 0.3) is 5.65 Å². The maximum Gasteiger partial charge on any atom is 0.240 e. The molecule has 6 nitrogen and oxygen atoms in total. The van der Waals surface area contributed by atoms with Crippen molar-refractivity contribution >= 4 is 23.1 Å². The standard InChI is InChI=1S/C17H17N3O3/c1-16-5-6-17(2,23-16)13-12(16)14(21)20(15(13)22)10-3-4-11-18-7-8-19(11)9-10/h3-4,7-9,12-13H,5-6H2,1-2H3/t12-,13+,16-,17+. The summed E-state index contributed by atoms with van der Waals surface area (Å²) in [5.41, 5.74) is 0.363. The van der Waals surface area contributed by atoms with Gasteiger partial charge in [-0.15, -0.1) is 0 Å². The maximum atomic E-state index is 13.0. The quantitative estimate of drug-likeness (QED) is 0.753. The summed E-state index contributed by atoms with van der Waals surface area (Å²) < 4.78 is 7.93. The fourth-order valence-electron chi connectivity index (χ4n) is 4.76. The molecule has 0 radical (unpaired) electrons. The van der Waals surface area contributed by atoms with E-state index in [1.807, 2.05) is 24.3 Å². The molecule has 6 heteroatoms. The molecule has 2 amide bonds. The highest BCUT2D eigenvalue weighted by atomic mass is 16.5. The number of anilines is 1. The highest BCUT2D eigenvalue weighted by Gasteiger charge is 2.72. The average Bonchev–Trinajstić information content (AvgIpc) is 3.19. The van der Waals surface area contributed by atoms with Crippen molar-refractivity contribution in [1.29, 1.82) is 0 Å².